The minimum absolute atomic E-state index is 0.132. The molecule has 8 nitrogen and oxygen atoms in total. The number of furan rings is 1. The highest BCUT2D eigenvalue weighted by Crippen LogP contribution is 2.30. The van der Waals surface area contributed by atoms with Gasteiger partial charge in [0.25, 0.3) is 5.91 Å². The molecule has 1 aromatic carbocycles. The van der Waals surface area contributed by atoms with E-state index in [0.717, 1.165) is 63.4 Å². The van der Waals surface area contributed by atoms with Gasteiger partial charge in [-0.05, 0) is 130 Å². The molecular weight excluding hydrogens is 526 g/mol. The summed E-state index contributed by atoms with van der Waals surface area (Å²) in [5.41, 5.74) is 7.94. The van der Waals surface area contributed by atoms with E-state index in [1.54, 1.807) is 12.3 Å². The van der Waals surface area contributed by atoms with E-state index in [-0.39, 0.29) is 12.0 Å². The van der Waals surface area contributed by atoms with Gasteiger partial charge in [-0.25, -0.2) is 4.98 Å². The molecule has 0 spiro atoms. The highest BCUT2D eigenvalue weighted by atomic mass is 16.5. The number of carbonyl (C=O) groups is 1. The molecular formula is C34H47N5O3. The molecule has 1 aliphatic heterocycles. The van der Waals surface area contributed by atoms with Crippen molar-refractivity contribution in [3.05, 3.63) is 69.3 Å². The highest BCUT2D eigenvalue weighted by molar-refractivity contribution is 5.91. The highest BCUT2D eigenvalue weighted by Gasteiger charge is 2.24. The quantitative estimate of drug-likeness (QED) is 0.243. The van der Waals surface area contributed by atoms with Crippen molar-refractivity contribution in [2.45, 2.75) is 85.7 Å². The summed E-state index contributed by atoms with van der Waals surface area (Å²) in [6, 6.07) is 5.64. The van der Waals surface area contributed by atoms with E-state index in [1.807, 2.05) is 12.1 Å². The van der Waals surface area contributed by atoms with Crippen molar-refractivity contribution >= 4 is 17.7 Å². The number of amides is 1. The Morgan fingerprint density at radius 1 is 0.857 bits per heavy atom. The van der Waals surface area contributed by atoms with Crippen molar-refractivity contribution in [3.63, 3.8) is 0 Å². The Kier molecular flexibility index (Phi) is 9.83. The first-order chi connectivity index (χ1) is 20.3. The molecule has 3 heterocycles. The van der Waals surface area contributed by atoms with Crippen LogP contribution in [0.1, 0.15) is 88.2 Å². The minimum atomic E-state index is -0.132. The summed E-state index contributed by atoms with van der Waals surface area (Å²) in [4.78, 5) is 22.0. The fourth-order valence-corrected chi connectivity index (χ4v) is 6.51. The Morgan fingerprint density at radius 2 is 1.60 bits per heavy atom. The van der Waals surface area contributed by atoms with Gasteiger partial charge in [0.2, 0.25) is 5.95 Å². The van der Waals surface area contributed by atoms with Crippen LogP contribution in [0.5, 0.6) is 0 Å². The Balaban J connectivity index is 1.08. The van der Waals surface area contributed by atoms with E-state index in [0.29, 0.717) is 36.5 Å². The van der Waals surface area contributed by atoms with Gasteiger partial charge in [-0.15, -0.1) is 0 Å². The fourth-order valence-electron chi connectivity index (χ4n) is 6.51. The average Bonchev–Trinajstić information content (AvgIpc) is 3.71. The lowest BCUT2D eigenvalue weighted by atomic mass is 9.81. The normalized spacial score (nSPS) is 20.5. The summed E-state index contributed by atoms with van der Waals surface area (Å²) in [7, 11) is 0. The van der Waals surface area contributed by atoms with Crippen molar-refractivity contribution in [3.8, 4) is 0 Å². The van der Waals surface area contributed by atoms with Crippen LogP contribution in [0.25, 0.3) is 0 Å². The maximum absolute atomic E-state index is 13.0. The Labute approximate surface area is 250 Å². The number of anilines is 2. The average molecular weight is 574 g/mol. The summed E-state index contributed by atoms with van der Waals surface area (Å²) in [5, 5.41) is 9.95. The molecule has 1 amide bonds. The van der Waals surface area contributed by atoms with E-state index in [4.69, 9.17) is 9.15 Å². The molecule has 2 aliphatic rings. The Bertz CT molecular complexity index is 1350. The smallest absolute Gasteiger partial charge is 0.287 e. The van der Waals surface area contributed by atoms with Crippen LogP contribution in [-0.4, -0.2) is 48.2 Å². The predicted molar refractivity (Wildman–Crippen MR) is 167 cm³/mol. The largest absolute Gasteiger partial charge is 0.456 e. The van der Waals surface area contributed by atoms with Crippen LogP contribution in [-0.2, 0) is 11.2 Å². The van der Waals surface area contributed by atoms with Crippen LogP contribution in [0.2, 0.25) is 0 Å². The lowest BCUT2D eigenvalue weighted by Crippen LogP contribution is -2.33. The van der Waals surface area contributed by atoms with E-state index >= 15 is 0 Å². The maximum Gasteiger partial charge on any atom is 0.287 e. The van der Waals surface area contributed by atoms with E-state index in [9.17, 15) is 4.79 Å². The van der Waals surface area contributed by atoms with Crippen LogP contribution in [0, 0.1) is 46.5 Å². The van der Waals surface area contributed by atoms with Crippen LogP contribution in [0.4, 0.5) is 11.8 Å². The minimum Gasteiger partial charge on any atom is -0.456 e. The molecule has 0 radical (unpaired) electrons. The number of ether oxygens (including phenoxy) is 1. The number of hydrogen-bond donors (Lipinski definition) is 3. The van der Waals surface area contributed by atoms with Gasteiger partial charge in [-0.2, -0.15) is 4.98 Å². The van der Waals surface area contributed by atoms with Crippen LogP contribution in [0.3, 0.4) is 0 Å². The standard InChI is InChI=1S/C34H47N5O3/c1-21-22(2)24(4)30(25(5)23(21)3)17-28-11-12-31(42-28)33(40)37-18-26-8-6-9-27(16-26)19-38-34-35-14-13-32(39-34)36-20-29-10-7-15-41-29/h11-14,26-27,29H,6-10,15-20H2,1-5H3,(H,37,40)(H2,35,36,38,39). The van der Waals surface area contributed by atoms with E-state index in [2.05, 4.69) is 60.5 Å². The zero-order valence-corrected chi connectivity index (χ0v) is 25.9. The first kappa shape index (κ1) is 30.1. The van der Waals surface area contributed by atoms with Crippen LogP contribution >= 0.6 is 0 Å². The Morgan fingerprint density at radius 3 is 2.33 bits per heavy atom. The number of hydrogen-bond acceptors (Lipinski definition) is 7. The number of rotatable bonds is 11. The molecule has 42 heavy (non-hydrogen) atoms. The van der Waals surface area contributed by atoms with Gasteiger partial charge in [-0.1, -0.05) is 6.42 Å². The molecule has 8 heteroatoms. The molecule has 2 aromatic heterocycles. The summed E-state index contributed by atoms with van der Waals surface area (Å²) >= 11 is 0. The van der Waals surface area contributed by atoms with Gasteiger partial charge in [0.1, 0.15) is 11.6 Å². The topological polar surface area (TPSA) is 101 Å². The number of carbonyl (C=O) groups excluding carboxylic acids is 1. The van der Waals surface area contributed by atoms with Crippen LogP contribution in [0.15, 0.2) is 28.8 Å². The number of benzene rings is 1. The molecule has 3 N–H and O–H groups in total. The van der Waals surface area contributed by atoms with Gasteiger partial charge in [0.15, 0.2) is 5.76 Å². The van der Waals surface area contributed by atoms with E-state index < -0.39 is 0 Å². The van der Waals surface area contributed by atoms with Crippen molar-refractivity contribution in [2.75, 3.05) is 36.9 Å². The third-order valence-electron chi connectivity index (χ3n) is 9.57. The van der Waals surface area contributed by atoms with Crippen molar-refractivity contribution < 1.29 is 13.9 Å². The fraction of sp³-hybridized carbons (Fsp3) is 0.559. The lowest BCUT2D eigenvalue weighted by molar-refractivity contribution is 0.0911. The first-order valence-corrected chi connectivity index (χ1v) is 15.6. The zero-order valence-electron chi connectivity index (χ0n) is 25.9. The van der Waals surface area contributed by atoms with Gasteiger partial charge < -0.3 is 25.1 Å². The van der Waals surface area contributed by atoms with Gasteiger partial charge in [0, 0.05) is 38.9 Å². The molecule has 5 rings (SSSR count). The first-order valence-electron chi connectivity index (χ1n) is 15.6. The van der Waals surface area contributed by atoms with Gasteiger partial charge in [-0.3, -0.25) is 4.79 Å². The van der Waals surface area contributed by atoms with E-state index in [1.165, 1.54) is 39.8 Å². The monoisotopic (exact) mass is 573 g/mol. The third kappa shape index (κ3) is 7.33. The molecule has 2 fully saturated rings. The molecule has 226 valence electrons. The zero-order chi connectivity index (χ0) is 29.6. The molecule has 3 atom stereocenters. The van der Waals surface area contributed by atoms with Crippen LogP contribution < -0.4 is 16.0 Å². The number of nitrogens with one attached hydrogen (secondary N) is 3. The molecule has 1 saturated carbocycles. The molecule has 3 unspecified atom stereocenters. The molecule has 0 bridgehead atoms. The molecule has 3 aromatic rings. The molecule has 1 saturated heterocycles. The third-order valence-corrected chi connectivity index (χ3v) is 9.57. The second kappa shape index (κ2) is 13.7. The van der Waals surface area contributed by atoms with Crippen molar-refractivity contribution in [1.82, 2.24) is 15.3 Å². The van der Waals surface area contributed by atoms with Crippen molar-refractivity contribution in [2.24, 2.45) is 11.8 Å². The summed E-state index contributed by atoms with van der Waals surface area (Å²) in [6.45, 7) is 14.1. The van der Waals surface area contributed by atoms with Gasteiger partial charge >= 0.3 is 0 Å². The second-order valence-corrected chi connectivity index (χ2v) is 12.3. The number of aromatic nitrogens is 2. The summed E-state index contributed by atoms with van der Waals surface area (Å²) in [5.74, 6) is 3.53. The summed E-state index contributed by atoms with van der Waals surface area (Å²) in [6.07, 6.45) is 9.52. The second-order valence-electron chi connectivity index (χ2n) is 12.3. The predicted octanol–water partition coefficient (Wildman–Crippen LogP) is 6.44. The maximum atomic E-state index is 13.0. The number of nitrogens with zero attached hydrogens (tertiary/aromatic N) is 2. The summed E-state index contributed by atoms with van der Waals surface area (Å²) < 4.78 is 11.7. The van der Waals surface area contributed by atoms with Gasteiger partial charge in [0.05, 0.1) is 6.10 Å². The Hall–Kier alpha value is -3.39. The SMILES string of the molecule is Cc1c(C)c(C)c(Cc2ccc(C(=O)NCC3CCCC(CNc4nccc(NCC5CCCO5)n4)C3)o2)c(C)c1C. The molecule has 1 aliphatic carbocycles. The van der Waals surface area contributed by atoms with Crippen molar-refractivity contribution in [1.29, 1.82) is 0 Å². The lowest BCUT2D eigenvalue weighted by Gasteiger charge is -2.29.